The van der Waals surface area contributed by atoms with E-state index in [1.807, 2.05) is 11.3 Å². The lowest BCUT2D eigenvalue weighted by atomic mass is 9.96. The Labute approximate surface area is 154 Å². The molecule has 2 aliphatic rings. The molecule has 0 spiro atoms. The normalized spacial score (nSPS) is 19.6. The van der Waals surface area contributed by atoms with Gasteiger partial charge in [-0.3, -0.25) is 0 Å². The number of benzene rings is 1. The average molecular weight is 380 g/mol. The second-order valence-electron chi connectivity index (χ2n) is 6.36. The third kappa shape index (κ3) is 3.62. The van der Waals surface area contributed by atoms with Gasteiger partial charge in [-0.05, 0) is 78.7 Å². The highest BCUT2D eigenvalue weighted by atomic mass is 32.1. The number of nitrogens with one attached hydrogen (secondary N) is 1. The van der Waals surface area contributed by atoms with E-state index in [4.69, 9.17) is 12.2 Å². The molecule has 2 aromatic rings. The van der Waals surface area contributed by atoms with Crippen molar-refractivity contribution in [2.24, 2.45) is 5.92 Å². The van der Waals surface area contributed by atoms with E-state index in [0.29, 0.717) is 17.1 Å². The number of thiophene rings is 1. The van der Waals surface area contributed by atoms with Crippen molar-refractivity contribution < 1.29 is 13.5 Å². The van der Waals surface area contributed by atoms with Gasteiger partial charge in [0.15, 0.2) is 5.11 Å². The van der Waals surface area contributed by atoms with Crippen LogP contribution in [0.1, 0.15) is 29.3 Å². The summed E-state index contributed by atoms with van der Waals surface area (Å²) in [5, 5.41) is 6.10. The molecule has 2 heterocycles. The Kier molecular flexibility index (Phi) is 4.60. The molecule has 25 heavy (non-hydrogen) atoms. The van der Waals surface area contributed by atoms with Gasteiger partial charge in [0.1, 0.15) is 5.75 Å². The van der Waals surface area contributed by atoms with E-state index in [1.54, 1.807) is 12.1 Å². The highest BCUT2D eigenvalue weighted by Gasteiger charge is 2.40. The fourth-order valence-corrected chi connectivity index (χ4v) is 4.65. The van der Waals surface area contributed by atoms with Crippen LogP contribution in [0.15, 0.2) is 35.7 Å². The quantitative estimate of drug-likeness (QED) is 0.750. The van der Waals surface area contributed by atoms with Gasteiger partial charge < -0.3 is 15.0 Å². The minimum absolute atomic E-state index is 0.142. The smallest absolute Gasteiger partial charge is 0.387 e. The van der Waals surface area contributed by atoms with Gasteiger partial charge in [0.2, 0.25) is 0 Å². The summed E-state index contributed by atoms with van der Waals surface area (Å²) in [6.07, 6.45) is 3.51. The molecule has 7 heteroatoms. The van der Waals surface area contributed by atoms with E-state index < -0.39 is 6.61 Å². The summed E-state index contributed by atoms with van der Waals surface area (Å²) in [5.41, 5.74) is 2.20. The topological polar surface area (TPSA) is 24.5 Å². The van der Waals surface area contributed by atoms with Gasteiger partial charge in [-0.1, -0.05) is 0 Å². The van der Waals surface area contributed by atoms with Crippen LogP contribution in [0.3, 0.4) is 0 Å². The molecule has 1 aromatic heterocycles. The average Bonchev–Trinajstić information content (AvgIpc) is 3.31. The number of anilines is 1. The molecular formula is C18H18F2N2OS2. The van der Waals surface area contributed by atoms with Crippen LogP contribution in [0.5, 0.6) is 5.75 Å². The van der Waals surface area contributed by atoms with Gasteiger partial charge in [0, 0.05) is 17.1 Å². The Balaban J connectivity index is 1.47. The molecule has 4 rings (SSSR count). The molecule has 0 amide bonds. The summed E-state index contributed by atoms with van der Waals surface area (Å²) in [5.74, 6) is 0.818. The summed E-state index contributed by atoms with van der Waals surface area (Å²) in [4.78, 5) is 3.76. The first-order valence-electron chi connectivity index (χ1n) is 8.30. The number of fused-ring (bicyclic) bond motifs is 1. The number of alkyl halides is 2. The maximum Gasteiger partial charge on any atom is 0.387 e. The van der Waals surface area contributed by atoms with Crippen LogP contribution in [0.2, 0.25) is 0 Å². The maximum atomic E-state index is 12.2. The highest BCUT2D eigenvalue weighted by molar-refractivity contribution is 7.80. The van der Waals surface area contributed by atoms with E-state index in [-0.39, 0.29) is 5.75 Å². The third-order valence-corrected chi connectivity index (χ3v) is 6.01. The standard InChI is InChI=1S/C18H18F2N2OS2/c19-17(20)23-13-5-3-12(4-6-13)21-18(24)22-9-7-15-14(8-10-25-15)16(22)11-1-2-11/h3-6,8,10-11,16-17H,1-2,7,9H2,(H,21,24)/t16-/m1/s1. The summed E-state index contributed by atoms with van der Waals surface area (Å²) >= 11 is 7.49. The largest absolute Gasteiger partial charge is 0.435 e. The fraction of sp³-hybridized carbons (Fsp3) is 0.389. The zero-order valence-electron chi connectivity index (χ0n) is 13.5. The Morgan fingerprint density at radius 2 is 2.00 bits per heavy atom. The van der Waals surface area contributed by atoms with E-state index >= 15 is 0 Å². The van der Waals surface area contributed by atoms with Gasteiger partial charge in [0.25, 0.3) is 0 Å². The second-order valence-corrected chi connectivity index (χ2v) is 7.75. The van der Waals surface area contributed by atoms with Crippen LogP contribution in [0, 0.1) is 5.92 Å². The van der Waals surface area contributed by atoms with Crippen LogP contribution in [0.25, 0.3) is 0 Å². The highest BCUT2D eigenvalue weighted by Crippen LogP contribution is 2.48. The van der Waals surface area contributed by atoms with Crippen molar-refractivity contribution >= 4 is 34.4 Å². The van der Waals surface area contributed by atoms with E-state index in [9.17, 15) is 8.78 Å². The number of rotatable bonds is 4. The summed E-state index contributed by atoms with van der Waals surface area (Å²) in [7, 11) is 0. The first-order chi connectivity index (χ1) is 12.1. The summed E-state index contributed by atoms with van der Waals surface area (Å²) < 4.78 is 28.8. The SMILES string of the molecule is FC(F)Oc1ccc(NC(=S)N2CCc3sccc3[C@H]2C2CC2)cc1. The van der Waals surface area contributed by atoms with Crippen LogP contribution in [0.4, 0.5) is 14.5 Å². The van der Waals surface area contributed by atoms with Gasteiger partial charge in [-0.2, -0.15) is 8.78 Å². The molecule has 1 fully saturated rings. The molecule has 0 unspecified atom stereocenters. The molecule has 0 radical (unpaired) electrons. The van der Waals surface area contributed by atoms with Gasteiger partial charge in [-0.25, -0.2) is 0 Å². The Hall–Kier alpha value is -1.73. The van der Waals surface area contributed by atoms with Gasteiger partial charge in [-0.15, -0.1) is 11.3 Å². The van der Waals surface area contributed by atoms with Crippen molar-refractivity contribution in [3.05, 3.63) is 46.2 Å². The van der Waals surface area contributed by atoms with Gasteiger partial charge in [0.05, 0.1) is 6.04 Å². The molecule has 1 aliphatic heterocycles. The third-order valence-electron chi connectivity index (χ3n) is 4.67. The predicted molar refractivity (Wildman–Crippen MR) is 99.5 cm³/mol. The van der Waals surface area contributed by atoms with Crippen molar-refractivity contribution in [2.75, 3.05) is 11.9 Å². The predicted octanol–water partition coefficient (Wildman–Crippen LogP) is 5.06. The maximum absolute atomic E-state index is 12.2. The number of thiocarbonyl (C=S) groups is 1. The molecular weight excluding hydrogens is 362 g/mol. The van der Waals surface area contributed by atoms with Crippen LogP contribution >= 0.6 is 23.6 Å². The van der Waals surface area contributed by atoms with E-state index in [0.717, 1.165) is 18.7 Å². The van der Waals surface area contributed by atoms with Crippen molar-refractivity contribution in [3.8, 4) is 5.75 Å². The zero-order valence-corrected chi connectivity index (χ0v) is 15.1. The molecule has 3 nitrogen and oxygen atoms in total. The van der Waals surface area contributed by atoms with E-state index in [1.165, 1.54) is 35.4 Å². The Bertz CT molecular complexity index is 759. The number of hydrogen-bond acceptors (Lipinski definition) is 3. The number of hydrogen-bond donors (Lipinski definition) is 1. The number of halogens is 2. The zero-order chi connectivity index (χ0) is 17.4. The molecule has 1 N–H and O–H groups in total. The molecule has 1 atom stereocenters. The lowest BCUT2D eigenvalue weighted by Crippen LogP contribution is -2.42. The van der Waals surface area contributed by atoms with Crippen molar-refractivity contribution in [2.45, 2.75) is 31.9 Å². The van der Waals surface area contributed by atoms with Crippen molar-refractivity contribution in [3.63, 3.8) is 0 Å². The minimum atomic E-state index is -2.81. The minimum Gasteiger partial charge on any atom is -0.435 e. The van der Waals surface area contributed by atoms with Crippen LogP contribution < -0.4 is 10.1 Å². The Morgan fingerprint density at radius 3 is 2.68 bits per heavy atom. The monoisotopic (exact) mass is 380 g/mol. The summed E-state index contributed by atoms with van der Waals surface area (Å²) in [6, 6.07) is 9.03. The van der Waals surface area contributed by atoms with Crippen molar-refractivity contribution in [1.29, 1.82) is 0 Å². The molecule has 1 aliphatic carbocycles. The Morgan fingerprint density at radius 1 is 1.24 bits per heavy atom. The number of ether oxygens (including phenoxy) is 1. The van der Waals surface area contributed by atoms with Crippen LogP contribution in [-0.4, -0.2) is 23.2 Å². The van der Waals surface area contributed by atoms with Gasteiger partial charge >= 0.3 is 6.61 Å². The van der Waals surface area contributed by atoms with Crippen LogP contribution in [-0.2, 0) is 6.42 Å². The first kappa shape index (κ1) is 16.7. The number of nitrogens with zero attached hydrogens (tertiary/aromatic N) is 1. The molecule has 132 valence electrons. The molecule has 0 saturated heterocycles. The molecule has 1 aromatic carbocycles. The first-order valence-corrected chi connectivity index (χ1v) is 9.59. The lowest BCUT2D eigenvalue weighted by Gasteiger charge is -2.38. The van der Waals surface area contributed by atoms with Crippen molar-refractivity contribution in [1.82, 2.24) is 4.90 Å². The van der Waals surface area contributed by atoms with E-state index in [2.05, 4.69) is 26.4 Å². The lowest BCUT2D eigenvalue weighted by molar-refractivity contribution is -0.0498. The summed E-state index contributed by atoms with van der Waals surface area (Å²) in [6.45, 7) is -1.90. The second kappa shape index (κ2) is 6.88. The fourth-order valence-electron chi connectivity index (χ4n) is 3.41. The molecule has 1 saturated carbocycles. The molecule has 0 bridgehead atoms.